The fourth-order valence-electron chi connectivity index (χ4n) is 1.42. The highest BCUT2D eigenvalue weighted by Crippen LogP contribution is 2.46. The van der Waals surface area contributed by atoms with Crippen molar-refractivity contribution in [3.05, 3.63) is 11.3 Å². The van der Waals surface area contributed by atoms with Gasteiger partial charge in [0.25, 0.3) is 0 Å². The number of carbonyl (C=O) groups is 1. The summed E-state index contributed by atoms with van der Waals surface area (Å²) in [5.74, 6) is -4.11. The highest BCUT2D eigenvalue weighted by molar-refractivity contribution is 5.92. The van der Waals surface area contributed by atoms with Gasteiger partial charge in [0, 0.05) is 0 Å². The van der Waals surface area contributed by atoms with Gasteiger partial charge < -0.3 is 14.6 Å². The number of aliphatic hydroxyl groups is 1. The lowest BCUT2D eigenvalue weighted by Gasteiger charge is -2.25. The van der Waals surface area contributed by atoms with Crippen LogP contribution in [0.5, 0.6) is 0 Å². The molecule has 1 unspecified atom stereocenters. The minimum absolute atomic E-state index is 0.457. The Labute approximate surface area is 102 Å². The van der Waals surface area contributed by atoms with E-state index in [0.717, 1.165) is 0 Å². The van der Waals surface area contributed by atoms with E-state index in [-0.39, 0.29) is 0 Å². The first kappa shape index (κ1) is 15.6. The topological polar surface area (TPSA) is 55.8 Å². The Balaban J connectivity index is 3.40. The van der Waals surface area contributed by atoms with E-state index < -0.39 is 48.5 Å². The van der Waals surface area contributed by atoms with Gasteiger partial charge in [0.2, 0.25) is 11.4 Å². The summed E-state index contributed by atoms with van der Waals surface area (Å²) in [6.07, 6.45) is -10.9. The third-order valence-electron chi connectivity index (χ3n) is 2.27. The zero-order valence-corrected chi connectivity index (χ0v) is 9.35. The summed E-state index contributed by atoms with van der Waals surface area (Å²) < 4.78 is 83.2. The lowest BCUT2D eigenvalue weighted by molar-refractivity contribution is -0.249. The molecule has 0 radical (unpaired) electrons. The average Bonchev–Trinajstić information content (AvgIpc) is 2.56. The first-order valence-corrected chi connectivity index (χ1v) is 4.86. The highest BCUT2D eigenvalue weighted by atomic mass is 19.4. The van der Waals surface area contributed by atoms with Crippen molar-refractivity contribution in [1.29, 1.82) is 0 Å². The van der Waals surface area contributed by atoms with Gasteiger partial charge in [-0.3, -0.25) is 0 Å². The number of allylic oxidation sites excluding steroid dienone is 1. The van der Waals surface area contributed by atoms with E-state index in [9.17, 15) is 36.2 Å². The van der Waals surface area contributed by atoms with Gasteiger partial charge in [-0.1, -0.05) is 0 Å². The summed E-state index contributed by atoms with van der Waals surface area (Å²) in [7, 11) is 0. The van der Waals surface area contributed by atoms with Gasteiger partial charge in [-0.25, -0.2) is 4.79 Å². The van der Waals surface area contributed by atoms with Crippen molar-refractivity contribution in [2.24, 2.45) is 0 Å². The molecule has 0 aromatic rings. The fraction of sp³-hybridized carbons (Fsp3) is 0.667. The number of carbonyl (C=O) groups excluding carboxylic acids is 1. The Morgan fingerprint density at radius 1 is 1.37 bits per heavy atom. The number of esters is 1. The first-order valence-electron chi connectivity index (χ1n) is 4.86. The van der Waals surface area contributed by atoms with Gasteiger partial charge in [0.05, 0.1) is 6.61 Å². The largest absolute Gasteiger partial charge is 0.485 e. The molecule has 1 aliphatic heterocycles. The van der Waals surface area contributed by atoms with Crippen molar-refractivity contribution in [3.8, 4) is 0 Å². The van der Waals surface area contributed by atoms with Crippen LogP contribution < -0.4 is 0 Å². The minimum Gasteiger partial charge on any atom is -0.485 e. The maximum atomic E-state index is 12.6. The Bertz CT molecular complexity index is 410. The van der Waals surface area contributed by atoms with Crippen LogP contribution in [0.15, 0.2) is 11.3 Å². The quantitative estimate of drug-likeness (QED) is 0.622. The zero-order valence-electron chi connectivity index (χ0n) is 9.35. The van der Waals surface area contributed by atoms with E-state index in [0.29, 0.717) is 0 Å². The smallest absolute Gasteiger partial charge is 0.449 e. The monoisotopic (exact) mass is 294 g/mol. The maximum Gasteiger partial charge on any atom is 0.449 e. The number of hydrogen-bond acceptors (Lipinski definition) is 4. The number of rotatable bonds is 2. The minimum atomic E-state index is -5.51. The molecule has 1 N–H and O–H groups in total. The van der Waals surface area contributed by atoms with Crippen LogP contribution in [0.3, 0.4) is 0 Å². The molecule has 1 aliphatic rings. The van der Waals surface area contributed by atoms with Crippen LogP contribution in [0, 0.1) is 0 Å². The van der Waals surface area contributed by atoms with Gasteiger partial charge in [0.1, 0.15) is 12.2 Å². The fourth-order valence-corrected chi connectivity index (χ4v) is 1.42. The molecule has 0 amide bonds. The van der Waals surface area contributed by atoms with Crippen molar-refractivity contribution in [2.75, 3.05) is 13.2 Å². The second-order valence-electron chi connectivity index (χ2n) is 3.57. The average molecular weight is 294 g/mol. The molecule has 0 saturated carbocycles. The molecule has 10 heteroatoms. The Morgan fingerprint density at radius 2 is 1.89 bits per heavy atom. The van der Waals surface area contributed by atoms with Crippen LogP contribution in [0.4, 0.5) is 26.3 Å². The number of ether oxygens (including phenoxy) is 2. The second kappa shape index (κ2) is 4.58. The van der Waals surface area contributed by atoms with Crippen molar-refractivity contribution >= 4 is 5.97 Å². The van der Waals surface area contributed by atoms with E-state index >= 15 is 0 Å². The molecule has 0 aliphatic carbocycles. The molecule has 1 rings (SSSR count). The zero-order chi connectivity index (χ0) is 15.1. The molecule has 110 valence electrons. The summed E-state index contributed by atoms with van der Waals surface area (Å²) in [4.78, 5) is 11.2. The number of halogens is 6. The lowest BCUT2D eigenvalue weighted by Crippen LogP contribution is -2.50. The number of hydrogen-bond donors (Lipinski definition) is 1. The standard InChI is InChI=1S/C9H8F6O4/c1-2-18-6(16)4-5(8(10,11)12)19-3-7(4,17)9(13,14)15/h17H,2-3H2,1H3. The van der Waals surface area contributed by atoms with Crippen molar-refractivity contribution in [3.63, 3.8) is 0 Å². The van der Waals surface area contributed by atoms with Gasteiger partial charge in [-0.05, 0) is 6.92 Å². The summed E-state index contributed by atoms with van der Waals surface area (Å²) in [6.45, 7) is -1.02. The molecule has 1 atom stereocenters. The van der Waals surface area contributed by atoms with E-state index in [1.807, 2.05) is 0 Å². The van der Waals surface area contributed by atoms with Gasteiger partial charge >= 0.3 is 18.3 Å². The summed E-state index contributed by atoms with van der Waals surface area (Å²) in [5.41, 5.74) is -6.02. The van der Waals surface area contributed by atoms with E-state index in [4.69, 9.17) is 0 Å². The predicted molar refractivity (Wildman–Crippen MR) is 46.7 cm³/mol. The van der Waals surface area contributed by atoms with Crippen LogP contribution in [-0.2, 0) is 14.3 Å². The van der Waals surface area contributed by atoms with Crippen molar-refractivity contribution in [2.45, 2.75) is 24.9 Å². The molecule has 0 spiro atoms. The molecular formula is C9H8F6O4. The summed E-state index contributed by atoms with van der Waals surface area (Å²) >= 11 is 0. The molecule has 0 bridgehead atoms. The third kappa shape index (κ3) is 2.62. The van der Waals surface area contributed by atoms with E-state index in [2.05, 4.69) is 9.47 Å². The molecule has 1 heterocycles. The van der Waals surface area contributed by atoms with Crippen LogP contribution in [0.25, 0.3) is 0 Å². The SMILES string of the molecule is CCOC(=O)C1=C(C(F)(F)F)OCC1(O)C(F)(F)F. The predicted octanol–water partition coefficient (Wildman–Crippen LogP) is 1.69. The molecular weight excluding hydrogens is 286 g/mol. The van der Waals surface area contributed by atoms with E-state index in [1.165, 1.54) is 6.92 Å². The molecule has 0 aromatic heterocycles. The van der Waals surface area contributed by atoms with Crippen LogP contribution in [-0.4, -0.2) is 42.2 Å². The Hall–Kier alpha value is -1.45. The molecule has 0 saturated heterocycles. The van der Waals surface area contributed by atoms with Gasteiger partial charge in [-0.2, -0.15) is 26.3 Å². The molecule has 4 nitrogen and oxygen atoms in total. The van der Waals surface area contributed by atoms with Crippen molar-refractivity contribution < 1.29 is 45.7 Å². The van der Waals surface area contributed by atoms with E-state index in [1.54, 1.807) is 0 Å². The highest BCUT2D eigenvalue weighted by Gasteiger charge is 2.66. The second-order valence-corrected chi connectivity index (χ2v) is 3.57. The first-order chi connectivity index (χ1) is 8.45. The van der Waals surface area contributed by atoms with Crippen LogP contribution in [0.2, 0.25) is 0 Å². The Kier molecular flexibility index (Phi) is 3.76. The van der Waals surface area contributed by atoms with Crippen LogP contribution in [0.1, 0.15) is 6.92 Å². The van der Waals surface area contributed by atoms with Crippen molar-refractivity contribution in [1.82, 2.24) is 0 Å². The van der Waals surface area contributed by atoms with Gasteiger partial charge in [-0.15, -0.1) is 0 Å². The normalized spacial score (nSPS) is 24.4. The molecule has 0 aromatic carbocycles. The molecule has 19 heavy (non-hydrogen) atoms. The maximum absolute atomic E-state index is 12.6. The van der Waals surface area contributed by atoms with Crippen LogP contribution >= 0.6 is 0 Å². The summed E-state index contributed by atoms with van der Waals surface area (Å²) in [6, 6.07) is 0. The number of alkyl halides is 6. The van der Waals surface area contributed by atoms with Gasteiger partial charge in [0.15, 0.2) is 0 Å². The summed E-state index contributed by atoms with van der Waals surface area (Å²) in [5, 5.41) is 9.31. The third-order valence-corrected chi connectivity index (χ3v) is 2.27. The lowest BCUT2D eigenvalue weighted by atomic mass is 9.94. The molecule has 0 fully saturated rings. The Morgan fingerprint density at radius 3 is 2.26 bits per heavy atom.